The summed E-state index contributed by atoms with van der Waals surface area (Å²) in [5, 5.41) is 11.1. The minimum Gasteiger partial charge on any atom is -0.450 e. The average Bonchev–Trinajstić information content (AvgIpc) is 3.09. The van der Waals surface area contributed by atoms with Gasteiger partial charge in [0, 0.05) is 18.4 Å². The van der Waals surface area contributed by atoms with Gasteiger partial charge in [-0.05, 0) is 12.1 Å². The van der Waals surface area contributed by atoms with Crippen molar-refractivity contribution in [2.45, 2.75) is 12.0 Å². The Balaban J connectivity index is 1.85. The Kier molecular flexibility index (Phi) is 2.61. The van der Waals surface area contributed by atoms with E-state index in [1.807, 2.05) is 24.3 Å². The number of nitrogens with two attached hydrogens (primary N) is 1. The summed E-state index contributed by atoms with van der Waals surface area (Å²) in [7, 11) is 0. The molecule has 0 spiro atoms. The van der Waals surface area contributed by atoms with Crippen LogP contribution in [0, 0.1) is 0 Å². The zero-order chi connectivity index (χ0) is 15.3. The van der Waals surface area contributed by atoms with Crippen LogP contribution < -0.4 is 10.6 Å². The monoisotopic (exact) mass is 298 g/mol. The van der Waals surface area contributed by atoms with Gasteiger partial charge in [-0.25, -0.2) is 9.97 Å². The smallest absolute Gasteiger partial charge is 0.251 e. The largest absolute Gasteiger partial charge is 0.450 e. The number of primary amides is 1. The number of para-hydroxylation sites is 1. The molecule has 1 aromatic carbocycles. The van der Waals surface area contributed by atoms with Crippen LogP contribution >= 0.6 is 0 Å². The first-order chi connectivity index (χ1) is 10.6. The van der Waals surface area contributed by atoms with Crippen LogP contribution in [0.1, 0.15) is 6.42 Å². The van der Waals surface area contributed by atoms with Gasteiger partial charge in [-0.2, -0.15) is 0 Å². The summed E-state index contributed by atoms with van der Waals surface area (Å²) >= 11 is 0. The molecular weight excluding hydrogens is 284 g/mol. The molecular formula is C15H14N4O3. The summed E-state index contributed by atoms with van der Waals surface area (Å²) in [5.74, 6) is -0.150. The number of furan rings is 1. The van der Waals surface area contributed by atoms with E-state index < -0.39 is 11.5 Å². The Labute approximate surface area is 125 Å². The first-order valence-electron chi connectivity index (χ1n) is 6.98. The van der Waals surface area contributed by atoms with Gasteiger partial charge in [0.05, 0.1) is 6.54 Å². The molecule has 2 aromatic heterocycles. The van der Waals surface area contributed by atoms with Crippen molar-refractivity contribution >= 4 is 33.8 Å². The van der Waals surface area contributed by atoms with E-state index in [0.717, 1.165) is 16.5 Å². The number of aliphatic hydroxyl groups is 1. The molecule has 22 heavy (non-hydrogen) atoms. The van der Waals surface area contributed by atoms with Crippen LogP contribution in [-0.2, 0) is 4.79 Å². The van der Waals surface area contributed by atoms with Gasteiger partial charge in [0.2, 0.25) is 0 Å². The maximum Gasteiger partial charge on any atom is 0.251 e. The zero-order valence-corrected chi connectivity index (χ0v) is 11.7. The number of benzene rings is 1. The van der Waals surface area contributed by atoms with Crippen LogP contribution in [0.2, 0.25) is 0 Å². The minimum absolute atomic E-state index is 0.103. The number of β-amino-alcohol motifs (C(OH)–C–C–N with tert-alkyl or cyclic N) is 1. The van der Waals surface area contributed by atoms with Crippen LogP contribution in [-0.4, -0.2) is 39.7 Å². The molecule has 1 aliphatic rings. The number of fused-ring (bicyclic) bond motifs is 3. The van der Waals surface area contributed by atoms with Gasteiger partial charge in [0.25, 0.3) is 5.91 Å². The lowest BCUT2D eigenvalue weighted by atomic mass is 10.0. The number of rotatable bonds is 2. The highest BCUT2D eigenvalue weighted by atomic mass is 16.3. The lowest BCUT2D eigenvalue weighted by Gasteiger charge is -2.20. The third-order valence-corrected chi connectivity index (χ3v) is 4.15. The zero-order valence-electron chi connectivity index (χ0n) is 11.7. The predicted octanol–water partition coefficient (Wildman–Crippen LogP) is 0.802. The van der Waals surface area contributed by atoms with Gasteiger partial charge >= 0.3 is 0 Å². The Morgan fingerprint density at radius 1 is 1.36 bits per heavy atom. The summed E-state index contributed by atoms with van der Waals surface area (Å²) < 4.78 is 5.86. The van der Waals surface area contributed by atoms with Crippen molar-refractivity contribution in [1.82, 2.24) is 9.97 Å². The molecule has 3 aromatic rings. The van der Waals surface area contributed by atoms with E-state index in [1.165, 1.54) is 6.33 Å². The molecule has 3 heterocycles. The number of aromatic nitrogens is 2. The summed E-state index contributed by atoms with van der Waals surface area (Å²) in [6, 6.07) is 7.60. The number of amides is 1. The van der Waals surface area contributed by atoms with E-state index in [-0.39, 0.29) is 13.0 Å². The minimum atomic E-state index is -1.52. The number of anilines is 1. The van der Waals surface area contributed by atoms with E-state index >= 15 is 0 Å². The molecule has 0 saturated carbocycles. The van der Waals surface area contributed by atoms with Crippen LogP contribution in [0.5, 0.6) is 0 Å². The van der Waals surface area contributed by atoms with Gasteiger partial charge in [-0.15, -0.1) is 0 Å². The molecule has 1 amide bonds. The first-order valence-corrected chi connectivity index (χ1v) is 6.98. The molecule has 1 unspecified atom stereocenters. The van der Waals surface area contributed by atoms with Crippen LogP contribution in [0.25, 0.3) is 22.1 Å². The number of nitrogens with zero attached hydrogens (tertiary/aromatic N) is 3. The number of carbonyl (C=O) groups excluding carboxylic acids is 1. The molecule has 0 radical (unpaired) electrons. The summed E-state index contributed by atoms with van der Waals surface area (Å²) in [6.07, 6.45) is 1.73. The van der Waals surface area contributed by atoms with E-state index in [9.17, 15) is 9.90 Å². The van der Waals surface area contributed by atoms with Crippen molar-refractivity contribution in [3.8, 4) is 0 Å². The number of carbonyl (C=O) groups is 1. The Morgan fingerprint density at radius 3 is 2.95 bits per heavy atom. The molecule has 112 valence electrons. The van der Waals surface area contributed by atoms with Crippen LogP contribution in [0.3, 0.4) is 0 Å². The van der Waals surface area contributed by atoms with Gasteiger partial charge < -0.3 is 20.2 Å². The van der Waals surface area contributed by atoms with Crippen molar-refractivity contribution in [3.63, 3.8) is 0 Å². The normalized spacial score (nSPS) is 21.8. The van der Waals surface area contributed by atoms with Crippen molar-refractivity contribution in [3.05, 3.63) is 30.6 Å². The first kappa shape index (κ1) is 13.0. The Hall–Kier alpha value is -2.67. The van der Waals surface area contributed by atoms with E-state index in [0.29, 0.717) is 17.9 Å². The standard InChI is InChI=1S/C15H14N4O3/c16-14(20)15(21)5-6-19(7-15)13-12-11(17-8-18-13)9-3-1-2-4-10(9)22-12/h1-4,8,21H,5-7H2,(H2,16,20). The molecule has 1 fully saturated rings. The highest BCUT2D eigenvalue weighted by Crippen LogP contribution is 2.34. The molecule has 0 aliphatic carbocycles. The molecule has 0 bridgehead atoms. The molecule has 7 nitrogen and oxygen atoms in total. The predicted molar refractivity (Wildman–Crippen MR) is 80.3 cm³/mol. The summed E-state index contributed by atoms with van der Waals surface area (Å²) in [5.41, 5.74) is 5.75. The SMILES string of the molecule is NC(=O)C1(O)CCN(c2ncnc3c2oc2ccccc23)C1. The lowest BCUT2D eigenvalue weighted by Crippen LogP contribution is -2.46. The van der Waals surface area contributed by atoms with Crippen molar-refractivity contribution in [2.24, 2.45) is 5.73 Å². The van der Waals surface area contributed by atoms with E-state index in [4.69, 9.17) is 10.2 Å². The third-order valence-electron chi connectivity index (χ3n) is 4.15. The number of hydrogen-bond donors (Lipinski definition) is 2. The highest BCUT2D eigenvalue weighted by Gasteiger charge is 2.42. The van der Waals surface area contributed by atoms with Gasteiger partial charge in [0.1, 0.15) is 17.4 Å². The average molecular weight is 298 g/mol. The molecule has 4 rings (SSSR count). The molecule has 1 saturated heterocycles. The molecule has 7 heteroatoms. The third kappa shape index (κ3) is 1.75. The molecule has 3 N–H and O–H groups in total. The Bertz CT molecular complexity index is 891. The number of hydrogen-bond acceptors (Lipinski definition) is 6. The molecule has 1 aliphatic heterocycles. The second-order valence-corrected chi connectivity index (χ2v) is 5.54. The maximum absolute atomic E-state index is 11.4. The topological polar surface area (TPSA) is 105 Å². The summed E-state index contributed by atoms with van der Waals surface area (Å²) in [6.45, 7) is 0.577. The van der Waals surface area contributed by atoms with Crippen molar-refractivity contribution in [1.29, 1.82) is 0 Å². The van der Waals surface area contributed by atoms with Crippen LogP contribution in [0.4, 0.5) is 5.82 Å². The second kappa shape index (κ2) is 4.41. The quantitative estimate of drug-likeness (QED) is 0.725. The van der Waals surface area contributed by atoms with Gasteiger partial charge in [-0.1, -0.05) is 12.1 Å². The fourth-order valence-electron chi connectivity index (χ4n) is 2.91. The second-order valence-electron chi connectivity index (χ2n) is 5.54. The fraction of sp³-hybridized carbons (Fsp3) is 0.267. The Morgan fingerprint density at radius 2 is 2.18 bits per heavy atom. The lowest BCUT2D eigenvalue weighted by molar-refractivity contribution is -0.134. The fourth-order valence-corrected chi connectivity index (χ4v) is 2.91. The highest BCUT2D eigenvalue weighted by molar-refractivity contribution is 6.05. The maximum atomic E-state index is 11.4. The van der Waals surface area contributed by atoms with Gasteiger partial charge in [-0.3, -0.25) is 4.79 Å². The van der Waals surface area contributed by atoms with E-state index in [2.05, 4.69) is 9.97 Å². The van der Waals surface area contributed by atoms with Crippen molar-refractivity contribution in [2.75, 3.05) is 18.0 Å². The van der Waals surface area contributed by atoms with E-state index in [1.54, 1.807) is 4.90 Å². The van der Waals surface area contributed by atoms with Crippen molar-refractivity contribution < 1.29 is 14.3 Å². The summed E-state index contributed by atoms with van der Waals surface area (Å²) in [4.78, 5) is 21.8. The van der Waals surface area contributed by atoms with Crippen LogP contribution in [0.15, 0.2) is 35.0 Å². The molecule has 1 atom stereocenters. The van der Waals surface area contributed by atoms with Gasteiger partial charge in [0.15, 0.2) is 17.0 Å².